The molecule has 0 saturated carbocycles. The average Bonchev–Trinajstić information content (AvgIpc) is 2.87. The molecule has 0 aliphatic carbocycles. The number of piperidine rings is 2. The summed E-state index contributed by atoms with van der Waals surface area (Å²) in [5.41, 5.74) is 0.942. The quantitative estimate of drug-likeness (QED) is 0.445. The first-order valence-electron chi connectivity index (χ1n) is 12.2. The highest BCUT2D eigenvalue weighted by Gasteiger charge is 2.30. The van der Waals surface area contributed by atoms with Crippen LogP contribution in [0, 0.1) is 5.92 Å². The van der Waals surface area contributed by atoms with Gasteiger partial charge in [0, 0.05) is 25.9 Å². The molecule has 188 valence electrons. The highest BCUT2D eigenvalue weighted by atomic mass is 16.5. The molecule has 3 rings (SSSR count). The van der Waals surface area contributed by atoms with Crippen LogP contribution in [-0.2, 0) is 25.5 Å². The smallest absolute Gasteiger partial charge is 0.329 e. The molecule has 1 aromatic rings. The molecule has 0 aromatic heterocycles. The van der Waals surface area contributed by atoms with Crippen LogP contribution in [0.2, 0.25) is 0 Å². The van der Waals surface area contributed by atoms with Crippen molar-refractivity contribution in [3.8, 4) is 5.75 Å². The number of carboxylic acids is 1. The Balaban J connectivity index is 1.58. The average molecular weight is 476 g/mol. The van der Waals surface area contributed by atoms with Gasteiger partial charge in [0.15, 0.2) is 0 Å². The zero-order valence-corrected chi connectivity index (χ0v) is 20.0. The number of ether oxygens (including phenoxy) is 2. The van der Waals surface area contributed by atoms with Gasteiger partial charge in [-0.15, -0.1) is 0 Å². The van der Waals surface area contributed by atoms with Crippen LogP contribution in [0.3, 0.4) is 0 Å². The number of hydrogen-bond donors (Lipinski definition) is 3. The SMILES string of the molecule is COc1ccc(C[C@H](NC(=O)CCC2CCNCC2)C(=O)N2CCC(OCC(=O)O)CC2)cc1. The lowest BCUT2D eigenvalue weighted by molar-refractivity contribution is -0.147. The van der Waals surface area contributed by atoms with Gasteiger partial charge < -0.3 is 30.1 Å². The van der Waals surface area contributed by atoms with Gasteiger partial charge in [0.25, 0.3) is 0 Å². The molecule has 0 spiro atoms. The van der Waals surface area contributed by atoms with Gasteiger partial charge in [-0.05, 0) is 68.8 Å². The molecular formula is C25H37N3O6. The molecule has 2 aliphatic rings. The Morgan fingerprint density at radius 2 is 1.79 bits per heavy atom. The second-order valence-electron chi connectivity index (χ2n) is 9.13. The second kappa shape index (κ2) is 13.3. The van der Waals surface area contributed by atoms with E-state index in [1.807, 2.05) is 24.3 Å². The van der Waals surface area contributed by atoms with Gasteiger partial charge in [0.1, 0.15) is 18.4 Å². The van der Waals surface area contributed by atoms with Crippen LogP contribution in [0.1, 0.15) is 44.1 Å². The number of methoxy groups -OCH3 is 1. The lowest BCUT2D eigenvalue weighted by atomic mass is 9.93. The van der Waals surface area contributed by atoms with Gasteiger partial charge in [-0.3, -0.25) is 9.59 Å². The fourth-order valence-corrected chi connectivity index (χ4v) is 4.62. The maximum Gasteiger partial charge on any atom is 0.329 e. The molecule has 1 atom stereocenters. The van der Waals surface area contributed by atoms with Crippen molar-refractivity contribution in [1.82, 2.24) is 15.5 Å². The summed E-state index contributed by atoms with van der Waals surface area (Å²) in [5.74, 6) is 0.0895. The van der Waals surface area contributed by atoms with E-state index < -0.39 is 12.0 Å². The minimum atomic E-state index is -0.995. The molecule has 0 unspecified atom stereocenters. The van der Waals surface area contributed by atoms with Crippen molar-refractivity contribution in [3.05, 3.63) is 29.8 Å². The minimum absolute atomic E-state index is 0.0925. The highest BCUT2D eigenvalue weighted by Crippen LogP contribution is 2.19. The van der Waals surface area contributed by atoms with Crippen molar-refractivity contribution < 1.29 is 29.0 Å². The molecule has 3 N–H and O–H groups in total. The van der Waals surface area contributed by atoms with Crippen LogP contribution in [0.15, 0.2) is 24.3 Å². The molecule has 9 heteroatoms. The number of benzene rings is 1. The van der Waals surface area contributed by atoms with Crippen LogP contribution in [0.5, 0.6) is 5.75 Å². The van der Waals surface area contributed by atoms with Crippen molar-refractivity contribution in [2.24, 2.45) is 5.92 Å². The van der Waals surface area contributed by atoms with Gasteiger partial charge in [0.2, 0.25) is 11.8 Å². The van der Waals surface area contributed by atoms with E-state index >= 15 is 0 Å². The Hall–Kier alpha value is -2.65. The zero-order valence-electron chi connectivity index (χ0n) is 20.0. The van der Waals surface area contributed by atoms with E-state index in [9.17, 15) is 14.4 Å². The number of likely N-dealkylation sites (tertiary alicyclic amines) is 1. The van der Waals surface area contributed by atoms with Crippen LogP contribution in [0.4, 0.5) is 0 Å². The maximum atomic E-state index is 13.4. The van der Waals surface area contributed by atoms with E-state index in [4.69, 9.17) is 14.6 Å². The fraction of sp³-hybridized carbons (Fsp3) is 0.640. The van der Waals surface area contributed by atoms with E-state index in [-0.39, 0.29) is 24.5 Å². The molecule has 2 aliphatic heterocycles. The third-order valence-corrected chi connectivity index (χ3v) is 6.67. The number of aliphatic carboxylic acids is 1. The number of amides is 2. The van der Waals surface area contributed by atoms with Gasteiger partial charge in [-0.25, -0.2) is 4.79 Å². The third kappa shape index (κ3) is 8.29. The fourth-order valence-electron chi connectivity index (χ4n) is 4.62. The summed E-state index contributed by atoms with van der Waals surface area (Å²) < 4.78 is 10.6. The van der Waals surface area contributed by atoms with Crippen LogP contribution >= 0.6 is 0 Å². The lowest BCUT2D eigenvalue weighted by Gasteiger charge is -2.34. The molecule has 2 fully saturated rings. The molecule has 34 heavy (non-hydrogen) atoms. The summed E-state index contributed by atoms with van der Waals surface area (Å²) in [5, 5.41) is 15.1. The maximum absolute atomic E-state index is 13.4. The monoisotopic (exact) mass is 475 g/mol. The van der Waals surface area contributed by atoms with Gasteiger partial charge >= 0.3 is 5.97 Å². The first-order chi connectivity index (χ1) is 16.4. The normalized spacial score (nSPS) is 18.3. The Morgan fingerprint density at radius 3 is 2.41 bits per heavy atom. The molecule has 2 amide bonds. The van der Waals surface area contributed by atoms with Crippen molar-refractivity contribution in [2.45, 2.75) is 57.1 Å². The molecule has 0 bridgehead atoms. The summed E-state index contributed by atoms with van der Waals surface area (Å²) >= 11 is 0. The number of rotatable bonds is 11. The number of carbonyl (C=O) groups excluding carboxylic acids is 2. The van der Waals surface area contributed by atoms with E-state index in [1.165, 1.54) is 0 Å². The minimum Gasteiger partial charge on any atom is -0.497 e. The lowest BCUT2D eigenvalue weighted by Crippen LogP contribution is -2.52. The van der Waals surface area contributed by atoms with E-state index in [1.54, 1.807) is 12.0 Å². The number of hydrogen-bond acceptors (Lipinski definition) is 6. The first kappa shape index (κ1) is 26.0. The predicted octanol–water partition coefficient (Wildman–Crippen LogP) is 1.59. The van der Waals surface area contributed by atoms with Crippen LogP contribution in [-0.4, -0.2) is 79.8 Å². The van der Waals surface area contributed by atoms with Gasteiger partial charge in [0.05, 0.1) is 13.2 Å². The molecule has 1 aromatic carbocycles. The highest BCUT2D eigenvalue weighted by molar-refractivity contribution is 5.88. The second-order valence-corrected chi connectivity index (χ2v) is 9.13. The molecule has 2 saturated heterocycles. The molecule has 9 nitrogen and oxygen atoms in total. The largest absolute Gasteiger partial charge is 0.497 e. The van der Waals surface area contributed by atoms with E-state index in [0.29, 0.717) is 44.7 Å². The zero-order chi connectivity index (χ0) is 24.3. The summed E-state index contributed by atoms with van der Waals surface area (Å²) in [6.07, 6.45) is 4.82. The van der Waals surface area contributed by atoms with Crippen molar-refractivity contribution in [3.63, 3.8) is 0 Å². The van der Waals surface area contributed by atoms with Crippen molar-refractivity contribution >= 4 is 17.8 Å². The number of nitrogens with zero attached hydrogens (tertiary/aromatic N) is 1. The standard InChI is InChI=1S/C25H37N3O6/c1-33-20-5-2-19(3-6-20)16-22(27-23(29)7-4-18-8-12-26-13-9-18)25(32)28-14-10-21(11-15-28)34-17-24(30)31/h2-3,5-6,18,21-22,26H,4,7-17H2,1H3,(H,27,29)(H,30,31)/t22-/m0/s1. The summed E-state index contributed by atoms with van der Waals surface area (Å²) in [4.78, 5) is 38.7. The predicted molar refractivity (Wildman–Crippen MR) is 127 cm³/mol. The Kier molecular flexibility index (Phi) is 10.2. The Labute approximate surface area is 201 Å². The van der Waals surface area contributed by atoms with Crippen molar-refractivity contribution in [2.75, 3.05) is 39.9 Å². The Morgan fingerprint density at radius 1 is 1.12 bits per heavy atom. The van der Waals surface area contributed by atoms with E-state index in [2.05, 4.69) is 10.6 Å². The number of nitrogens with one attached hydrogen (secondary N) is 2. The third-order valence-electron chi connectivity index (χ3n) is 6.67. The van der Waals surface area contributed by atoms with Gasteiger partial charge in [-0.2, -0.15) is 0 Å². The first-order valence-corrected chi connectivity index (χ1v) is 12.2. The topological polar surface area (TPSA) is 117 Å². The number of carbonyl (C=O) groups is 3. The number of carboxylic acid groups (broad SMARTS) is 1. The molecule has 2 heterocycles. The molecule has 0 radical (unpaired) electrons. The van der Waals surface area contributed by atoms with Crippen molar-refractivity contribution in [1.29, 1.82) is 0 Å². The summed E-state index contributed by atoms with van der Waals surface area (Å²) in [6.45, 7) is 2.63. The van der Waals surface area contributed by atoms with Gasteiger partial charge in [-0.1, -0.05) is 12.1 Å². The Bertz CT molecular complexity index is 801. The van der Waals surface area contributed by atoms with E-state index in [0.717, 1.165) is 43.7 Å². The van der Waals surface area contributed by atoms with Crippen LogP contribution < -0.4 is 15.4 Å². The van der Waals surface area contributed by atoms with Crippen LogP contribution in [0.25, 0.3) is 0 Å². The summed E-state index contributed by atoms with van der Waals surface area (Å²) in [7, 11) is 1.60. The molecular weight excluding hydrogens is 438 g/mol. The summed E-state index contributed by atoms with van der Waals surface area (Å²) in [6, 6.07) is 6.87.